The van der Waals surface area contributed by atoms with Gasteiger partial charge in [-0.25, -0.2) is 4.79 Å². The van der Waals surface area contributed by atoms with Gasteiger partial charge in [0.15, 0.2) is 0 Å². The number of aliphatic hydroxyl groups is 1. The van der Waals surface area contributed by atoms with E-state index >= 15 is 0 Å². The molecular formula is C24H27NO3. The maximum Gasteiger partial charge on any atom is 0.407 e. The van der Waals surface area contributed by atoms with Gasteiger partial charge in [0, 0.05) is 17.9 Å². The second-order valence-electron chi connectivity index (χ2n) is 8.78. The van der Waals surface area contributed by atoms with Crippen molar-refractivity contribution in [3.63, 3.8) is 0 Å². The van der Waals surface area contributed by atoms with Gasteiger partial charge < -0.3 is 15.2 Å². The highest BCUT2D eigenvalue weighted by Crippen LogP contribution is 2.55. The van der Waals surface area contributed by atoms with E-state index in [-0.39, 0.29) is 24.0 Å². The van der Waals surface area contributed by atoms with Crippen molar-refractivity contribution in [2.24, 2.45) is 17.3 Å². The Hall–Kier alpha value is -2.33. The van der Waals surface area contributed by atoms with Crippen LogP contribution in [0.3, 0.4) is 0 Å². The lowest BCUT2D eigenvalue weighted by Crippen LogP contribution is -2.43. The van der Waals surface area contributed by atoms with Crippen LogP contribution in [0.5, 0.6) is 0 Å². The SMILES string of the molecule is O=C(NCC1(CO)CC2CCC1C2)OCC1c2ccccc2-c2ccccc21. The molecule has 0 aliphatic heterocycles. The zero-order chi connectivity index (χ0) is 19.1. The van der Waals surface area contributed by atoms with Gasteiger partial charge in [-0.15, -0.1) is 0 Å². The smallest absolute Gasteiger partial charge is 0.407 e. The summed E-state index contributed by atoms with van der Waals surface area (Å²) in [4.78, 5) is 12.4. The van der Waals surface area contributed by atoms with Crippen LogP contribution in [0.15, 0.2) is 48.5 Å². The first-order chi connectivity index (χ1) is 13.7. The van der Waals surface area contributed by atoms with Gasteiger partial charge in [-0.3, -0.25) is 0 Å². The monoisotopic (exact) mass is 377 g/mol. The van der Waals surface area contributed by atoms with Crippen molar-refractivity contribution in [3.8, 4) is 11.1 Å². The summed E-state index contributed by atoms with van der Waals surface area (Å²) in [5.74, 6) is 1.34. The number of hydrogen-bond acceptors (Lipinski definition) is 3. The Labute approximate surface area is 165 Å². The van der Waals surface area contributed by atoms with E-state index in [1.165, 1.54) is 41.5 Å². The molecule has 0 spiro atoms. The van der Waals surface area contributed by atoms with Gasteiger partial charge in [-0.05, 0) is 53.4 Å². The van der Waals surface area contributed by atoms with E-state index in [9.17, 15) is 9.90 Å². The summed E-state index contributed by atoms with van der Waals surface area (Å²) in [6.07, 6.45) is 4.30. The minimum absolute atomic E-state index is 0.0763. The molecule has 146 valence electrons. The summed E-state index contributed by atoms with van der Waals surface area (Å²) in [6.45, 7) is 0.997. The van der Waals surface area contributed by atoms with Gasteiger partial charge in [0.2, 0.25) is 0 Å². The molecule has 0 aromatic heterocycles. The van der Waals surface area contributed by atoms with Crippen LogP contribution in [0.1, 0.15) is 42.7 Å². The van der Waals surface area contributed by atoms with Crippen LogP contribution in [-0.2, 0) is 4.74 Å². The van der Waals surface area contributed by atoms with Gasteiger partial charge in [0.1, 0.15) is 6.61 Å². The van der Waals surface area contributed by atoms with Crippen molar-refractivity contribution in [2.45, 2.75) is 31.6 Å². The van der Waals surface area contributed by atoms with E-state index in [0.717, 1.165) is 12.3 Å². The number of benzene rings is 2. The van der Waals surface area contributed by atoms with E-state index in [2.05, 4.69) is 41.7 Å². The predicted octanol–water partition coefficient (Wildman–Crippen LogP) is 4.32. The molecule has 2 bridgehead atoms. The summed E-state index contributed by atoms with van der Waals surface area (Å²) in [7, 11) is 0. The molecule has 3 aliphatic rings. The molecule has 28 heavy (non-hydrogen) atoms. The highest BCUT2D eigenvalue weighted by atomic mass is 16.5. The molecule has 0 saturated heterocycles. The number of aliphatic hydroxyl groups excluding tert-OH is 1. The standard InChI is InChI=1S/C24H27NO3/c26-15-24(12-16-9-10-17(24)11-16)14-25-23(27)28-13-22-20-7-3-1-5-18(20)19-6-2-4-8-21(19)22/h1-8,16-17,22,26H,9-15H2,(H,25,27). The van der Waals surface area contributed by atoms with E-state index < -0.39 is 0 Å². The Morgan fingerprint density at radius 1 is 1.07 bits per heavy atom. The molecule has 1 amide bonds. The molecule has 4 heteroatoms. The Morgan fingerprint density at radius 2 is 1.75 bits per heavy atom. The highest BCUT2D eigenvalue weighted by molar-refractivity contribution is 5.79. The summed E-state index contributed by atoms with van der Waals surface area (Å²) >= 11 is 0. The van der Waals surface area contributed by atoms with Crippen LogP contribution < -0.4 is 5.32 Å². The molecule has 0 radical (unpaired) electrons. The zero-order valence-electron chi connectivity index (χ0n) is 16.1. The number of rotatable bonds is 5. The van der Waals surface area contributed by atoms with Crippen molar-refractivity contribution >= 4 is 6.09 Å². The van der Waals surface area contributed by atoms with Crippen LogP contribution in [0, 0.1) is 17.3 Å². The number of hydrogen-bond donors (Lipinski definition) is 2. The largest absolute Gasteiger partial charge is 0.449 e. The average molecular weight is 377 g/mol. The third-order valence-corrected chi connectivity index (χ3v) is 7.35. The molecule has 0 heterocycles. The van der Waals surface area contributed by atoms with Crippen LogP contribution in [-0.4, -0.2) is 31.0 Å². The lowest BCUT2D eigenvalue weighted by Gasteiger charge is -2.36. The van der Waals surface area contributed by atoms with Gasteiger partial charge in [0.25, 0.3) is 0 Å². The van der Waals surface area contributed by atoms with Crippen molar-refractivity contribution < 1.29 is 14.6 Å². The highest BCUT2D eigenvalue weighted by Gasteiger charge is 2.50. The summed E-state index contributed by atoms with van der Waals surface area (Å²) in [6, 6.07) is 16.7. The van der Waals surface area contributed by atoms with Gasteiger partial charge in [-0.1, -0.05) is 55.0 Å². The third-order valence-electron chi connectivity index (χ3n) is 7.35. The summed E-state index contributed by atoms with van der Waals surface area (Å²) in [5.41, 5.74) is 4.75. The molecule has 5 rings (SSSR count). The molecule has 2 fully saturated rings. The first-order valence-corrected chi connectivity index (χ1v) is 10.4. The van der Waals surface area contributed by atoms with Crippen molar-refractivity contribution in [2.75, 3.05) is 19.8 Å². The van der Waals surface area contributed by atoms with Crippen molar-refractivity contribution in [1.29, 1.82) is 0 Å². The molecule has 3 atom stereocenters. The number of carbonyl (C=O) groups excluding carboxylic acids is 1. The third kappa shape index (κ3) is 2.82. The molecule has 2 aromatic rings. The van der Waals surface area contributed by atoms with E-state index in [4.69, 9.17) is 4.74 Å². The average Bonchev–Trinajstić information content (AvgIpc) is 3.43. The minimum Gasteiger partial charge on any atom is -0.449 e. The molecule has 3 unspecified atom stereocenters. The van der Waals surface area contributed by atoms with Crippen molar-refractivity contribution in [1.82, 2.24) is 5.32 Å². The maximum atomic E-state index is 12.4. The van der Waals surface area contributed by atoms with Crippen molar-refractivity contribution in [3.05, 3.63) is 59.7 Å². The molecule has 3 aliphatic carbocycles. The van der Waals surface area contributed by atoms with Gasteiger partial charge in [0.05, 0.1) is 6.61 Å². The lowest BCUT2D eigenvalue weighted by atomic mass is 9.73. The fourth-order valence-corrected chi connectivity index (χ4v) is 5.92. The first kappa shape index (κ1) is 17.7. The fourth-order valence-electron chi connectivity index (χ4n) is 5.92. The minimum atomic E-state index is -0.377. The fraction of sp³-hybridized carbons (Fsp3) is 0.458. The molecule has 4 nitrogen and oxygen atoms in total. The van der Waals surface area contributed by atoms with Crippen LogP contribution >= 0.6 is 0 Å². The quantitative estimate of drug-likeness (QED) is 0.816. The predicted molar refractivity (Wildman–Crippen MR) is 108 cm³/mol. The normalized spacial score (nSPS) is 27.5. The number of nitrogens with one attached hydrogen (secondary N) is 1. The van der Waals surface area contributed by atoms with Crippen LogP contribution in [0.4, 0.5) is 4.79 Å². The number of fused-ring (bicyclic) bond motifs is 5. The second kappa shape index (κ2) is 6.93. The Balaban J connectivity index is 1.24. The van der Waals surface area contributed by atoms with Crippen LogP contribution in [0.25, 0.3) is 11.1 Å². The van der Waals surface area contributed by atoms with Gasteiger partial charge in [-0.2, -0.15) is 0 Å². The Morgan fingerprint density at radius 3 is 2.32 bits per heavy atom. The Kier molecular flexibility index (Phi) is 4.39. The molecule has 2 N–H and O–H groups in total. The van der Waals surface area contributed by atoms with Crippen LogP contribution in [0.2, 0.25) is 0 Å². The maximum absolute atomic E-state index is 12.4. The van der Waals surface area contributed by atoms with Gasteiger partial charge >= 0.3 is 6.09 Å². The second-order valence-corrected chi connectivity index (χ2v) is 8.78. The first-order valence-electron chi connectivity index (χ1n) is 10.4. The molecular weight excluding hydrogens is 350 g/mol. The van der Waals surface area contributed by atoms with E-state index in [0.29, 0.717) is 19.1 Å². The molecule has 2 saturated carbocycles. The topological polar surface area (TPSA) is 58.6 Å². The number of ether oxygens (including phenoxy) is 1. The zero-order valence-corrected chi connectivity index (χ0v) is 16.1. The summed E-state index contributed by atoms with van der Waals surface area (Å²) in [5, 5.41) is 12.9. The summed E-state index contributed by atoms with van der Waals surface area (Å²) < 4.78 is 5.64. The Bertz CT molecular complexity index is 849. The number of carbonyl (C=O) groups is 1. The lowest BCUT2D eigenvalue weighted by molar-refractivity contribution is 0.0610. The molecule has 2 aromatic carbocycles. The van der Waals surface area contributed by atoms with E-state index in [1.807, 2.05) is 12.1 Å². The van der Waals surface area contributed by atoms with E-state index in [1.54, 1.807) is 0 Å². The number of alkyl carbamates (subject to hydrolysis) is 1. The number of amides is 1.